The highest BCUT2D eigenvalue weighted by Gasteiger charge is 2.19. The summed E-state index contributed by atoms with van der Waals surface area (Å²) in [6.45, 7) is 3.37. The van der Waals surface area contributed by atoms with Gasteiger partial charge in [0, 0.05) is 36.1 Å². The zero-order chi connectivity index (χ0) is 19.4. The third-order valence-corrected chi connectivity index (χ3v) is 4.87. The van der Waals surface area contributed by atoms with E-state index in [9.17, 15) is 19.3 Å². The fourth-order valence-corrected chi connectivity index (χ4v) is 3.27. The molecule has 1 aliphatic heterocycles. The molecule has 0 aliphatic carbocycles. The highest BCUT2D eigenvalue weighted by molar-refractivity contribution is 6.04. The van der Waals surface area contributed by atoms with E-state index in [0.29, 0.717) is 5.69 Å². The van der Waals surface area contributed by atoms with Crippen molar-refractivity contribution in [3.05, 3.63) is 63.5 Å². The van der Waals surface area contributed by atoms with Crippen LogP contribution in [-0.2, 0) is 0 Å². The van der Waals surface area contributed by atoms with E-state index in [4.69, 9.17) is 0 Å². The molecular formula is C20H22FN3O3. The highest BCUT2D eigenvalue weighted by Crippen LogP contribution is 2.25. The average molecular weight is 371 g/mol. The van der Waals surface area contributed by atoms with Gasteiger partial charge in [0.05, 0.1) is 10.5 Å². The lowest BCUT2D eigenvalue weighted by Gasteiger charge is -2.22. The molecule has 0 unspecified atom stereocenters. The minimum absolute atomic E-state index is 0.0820. The zero-order valence-electron chi connectivity index (χ0n) is 15.2. The van der Waals surface area contributed by atoms with Crippen LogP contribution in [0.4, 0.5) is 21.5 Å². The number of nitro groups is 1. The Morgan fingerprint density at radius 1 is 1.11 bits per heavy atom. The van der Waals surface area contributed by atoms with Crippen LogP contribution in [0, 0.1) is 22.9 Å². The zero-order valence-corrected chi connectivity index (χ0v) is 15.2. The Balaban J connectivity index is 1.73. The lowest BCUT2D eigenvalue weighted by atomic mass is 10.1. The van der Waals surface area contributed by atoms with Crippen LogP contribution in [-0.4, -0.2) is 23.9 Å². The SMILES string of the molecule is Cc1c(F)cc(C(=O)Nc2ccc(N3CCCCCC3)cc2)cc1[N+](=O)[O-]. The smallest absolute Gasteiger partial charge is 0.276 e. The van der Waals surface area contributed by atoms with Gasteiger partial charge in [0.2, 0.25) is 0 Å². The number of halogens is 1. The summed E-state index contributed by atoms with van der Waals surface area (Å²) in [5, 5.41) is 13.7. The van der Waals surface area contributed by atoms with Gasteiger partial charge < -0.3 is 10.2 Å². The molecule has 2 aromatic carbocycles. The van der Waals surface area contributed by atoms with Crippen molar-refractivity contribution >= 4 is 23.0 Å². The number of nitrogens with one attached hydrogen (secondary N) is 1. The molecule has 142 valence electrons. The van der Waals surface area contributed by atoms with Gasteiger partial charge in [0.25, 0.3) is 11.6 Å². The number of amides is 1. The molecule has 1 saturated heterocycles. The number of nitrogens with zero attached hydrogens (tertiary/aromatic N) is 2. The summed E-state index contributed by atoms with van der Waals surface area (Å²) in [5.41, 5.74) is 1.09. The Labute approximate surface area is 157 Å². The molecule has 7 heteroatoms. The number of rotatable bonds is 4. The molecule has 1 N–H and O–H groups in total. The Kier molecular flexibility index (Phi) is 5.69. The number of carbonyl (C=O) groups is 1. The third kappa shape index (κ3) is 4.42. The second kappa shape index (κ2) is 8.16. The van der Waals surface area contributed by atoms with E-state index in [-0.39, 0.29) is 11.1 Å². The Bertz CT molecular complexity index is 844. The van der Waals surface area contributed by atoms with E-state index >= 15 is 0 Å². The molecule has 1 fully saturated rings. The molecule has 3 rings (SSSR count). The van der Waals surface area contributed by atoms with Crippen LogP contribution in [0.15, 0.2) is 36.4 Å². The van der Waals surface area contributed by atoms with Gasteiger partial charge >= 0.3 is 0 Å². The normalized spacial score (nSPS) is 14.5. The summed E-state index contributed by atoms with van der Waals surface area (Å²) < 4.78 is 13.9. The molecule has 1 amide bonds. The summed E-state index contributed by atoms with van der Waals surface area (Å²) >= 11 is 0. The molecule has 0 atom stereocenters. The van der Waals surface area contributed by atoms with Crippen molar-refractivity contribution in [1.82, 2.24) is 0 Å². The van der Waals surface area contributed by atoms with Crippen molar-refractivity contribution in [3.8, 4) is 0 Å². The van der Waals surface area contributed by atoms with Gasteiger partial charge in [-0.1, -0.05) is 12.8 Å². The summed E-state index contributed by atoms with van der Waals surface area (Å²) in [6.07, 6.45) is 4.86. The summed E-state index contributed by atoms with van der Waals surface area (Å²) in [5.74, 6) is -1.36. The molecule has 6 nitrogen and oxygen atoms in total. The largest absolute Gasteiger partial charge is 0.372 e. The third-order valence-electron chi connectivity index (χ3n) is 4.87. The van der Waals surface area contributed by atoms with Crippen LogP contribution in [0.5, 0.6) is 0 Å². The van der Waals surface area contributed by atoms with Crippen LogP contribution in [0.2, 0.25) is 0 Å². The predicted octanol–water partition coefficient (Wildman–Crippen LogP) is 4.68. The number of benzene rings is 2. The van der Waals surface area contributed by atoms with Gasteiger partial charge in [-0.25, -0.2) is 4.39 Å². The number of hydrogen-bond acceptors (Lipinski definition) is 4. The van der Waals surface area contributed by atoms with Crippen LogP contribution >= 0.6 is 0 Å². The predicted molar refractivity (Wildman–Crippen MR) is 103 cm³/mol. The molecule has 2 aromatic rings. The molecule has 1 heterocycles. The number of hydrogen-bond donors (Lipinski definition) is 1. The van der Waals surface area contributed by atoms with Crippen molar-refractivity contribution < 1.29 is 14.1 Å². The standard InChI is InChI=1S/C20H22FN3O3/c1-14-18(21)12-15(13-19(14)24(26)27)20(25)22-16-6-8-17(9-7-16)23-10-4-2-3-5-11-23/h6-9,12-13H,2-5,10-11H2,1H3,(H,22,25). The molecule has 0 spiro atoms. The highest BCUT2D eigenvalue weighted by atomic mass is 19.1. The van der Waals surface area contributed by atoms with Gasteiger partial charge in [-0.2, -0.15) is 0 Å². The lowest BCUT2D eigenvalue weighted by Crippen LogP contribution is -2.23. The molecule has 0 saturated carbocycles. The number of carbonyl (C=O) groups excluding carboxylic acids is 1. The maximum atomic E-state index is 13.9. The molecule has 0 radical (unpaired) electrons. The Hall–Kier alpha value is -2.96. The fraction of sp³-hybridized carbons (Fsp3) is 0.350. The number of anilines is 2. The van der Waals surface area contributed by atoms with Crippen molar-refractivity contribution in [1.29, 1.82) is 0 Å². The maximum Gasteiger partial charge on any atom is 0.276 e. The van der Waals surface area contributed by atoms with Gasteiger partial charge in [0.15, 0.2) is 0 Å². The first kappa shape index (κ1) is 18.8. The second-order valence-corrected chi connectivity index (χ2v) is 6.76. The first-order chi connectivity index (χ1) is 13.0. The fourth-order valence-electron chi connectivity index (χ4n) is 3.27. The molecule has 0 aromatic heterocycles. The van der Waals surface area contributed by atoms with Gasteiger partial charge in [0.1, 0.15) is 5.82 Å². The quantitative estimate of drug-likeness (QED) is 0.626. The summed E-state index contributed by atoms with van der Waals surface area (Å²) in [4.78, 5) is 25.0. The van der Waals surface area contributed by atoms with Crippen molar-refractivity contribution in [2.24, 2.45) is 0 Å². The molecule has 27 heavy (non-hydrogen) atoms. The maximum absolute atomic E-state index is 13.9. The molecule has 0 bridgehead atoms. The van der Waals surface area contributed by atoms with Gasteiger partial charge in [-0.15, -0.1) is 0 Å². The first-order valence-electron chi connectivity index (χ1n) is 9.06. The van der Waals surface area contributed by atoms with Gasteiger partial charge in [-0.05, 0) is 50.1 Å². The van der Waals surface area contributed by atoms with E-state index in [1.807, 2.05) is 12.1 Å². The minimum atomic E-state index is -0.772. The first-order valence-corrected chi connectivity index (χ1v) is 9.06. The van der Waals surface area contributed by atoms with E-state index in [1.54, 1.807) is 12.1 Å². The lowest BCUT2D eigenvalue weighted by molar-refractivity contribution is -0.385. The van der Waals surface area contributed by atoms with E-state index < -0.39 is 22.3 Å². The molecule has 1 aliphatic rings. The van der Waals surface area contributed by atoms with Crippen LogP contribution in [0.25, 0.3) is 0 Å². The summed E-state index contributed by atoms with van der Waals surface area (Å²) in [7, 11) is 0. The van der Waals surface area contributed by atoms with E-state index in [0.717, 1.165) is 30.9 Å². The second-order valence-electron chi connectivity index (χ2n) is 6.76. The van der Waals surface area contributed by atoms with Crippen LogP contribution < -0.4 is 10.2 Å². The van der Waals surface area contributed by atoms with Crippen molar-refractivity contribution in [2.75, 3.05) is 23.3 Å². The van der Waals surface area contributed by atoms with E-state index in [1.165, 1.54) is 32.6 Å². The average Bonchev–Trinajstić information content (AvgIpc) is 2.93. The Morgan fingerprint density at radius 2 is 1.74 bits per heavy atom. The summed E-state index contributed by atoms with van der Waals surface area (Å²) in [6, 6.07) is 9.58. The van der Waals surface area contributed by atoms with Crippen LogP contribution in [0.3, 0.4) is 0 Å². The van der Waals surface area contributed by atoms with Crippen molar-refractivity contribution in [3.63, 3.8) is 0 Å². The number of nitro benzene ring substituents is 1. The van der Waals surface area contributed by atoms with E-state index in [2.05, 4.69) is 10.2 Å². The topological polar surface area (TPSA) is 75.5 Å². The monoisotopic (exact) mass is 371 g/mol. The van der Waals surface area contributed by atoms with Crippen LogP contribution in [0.1, 0.15) is 41.6 Å². The molecular weight excluding hydrogens is 349 g/mol. The van der Waals surface area contributed by atoms with Crippen molar-refractivity contribution in [2.45, 2.75) is 32.6 Å². The van der Waals surface area contributed by atoms with Gasteiger partial charge in [-0.3, -0.25) is 14.9 Å². The minimum Gasteiger partial charge on any atom is -0.372 e. The Morgan fingerprint density at radius 3 is 2.33 bits per heavy atom.